The Kier molecular flexibility index (Phi) is 4.24. The van der Waals surface area contributed by atoms with Crippen LogP contribution in [0.5, 0.6) is 0 Å². The SMILES string of the molecule is CCCc1nccn1-c1cccc(Cl)c1CBr. The quantitative estimate of drug-likeness (QED) is 0.766. The number of nitrogens with zero attached hydrogens (tertiary/aromatic N) is 2. The summed E-state index contributed by atoms with van der Waals surface area (Å²) in [5.74, 6) is 1.08. The Balaban J connectivity index is 2.52. The van der Waals surface area contributed by atoms with E-state index in [2.05, 4.69) is 38.5 Å². The molecule has 0 bridgehead atoms. The summed E-state index contributed by atoms with van der Waals surface area (Å²) in [5.41, 5.74) is 2.21. The Hall–Kier alpha value is -0.800. The molecule has 0 aliphatic heterocycles. The highest BCUT2D eigenvalue weighted by molar-refractivity contribution is 9.08. The van der Waals surface area contributed by atoms with Crippen molar-refractivity contribution in [3.63, 3.8) is 0 Å². The van der Waals surface area contributed by atoms with Gasteiger partial charge in [0, 0.05) is 34.7 Å². The molecule has 1 aromatic carbocycles. The van der Waals surface area contributed by atoms with Crippen LogP contribution in [0.1, 0.15) is 24.7 Å². The van der Waals surface area contributed by atoms with Gasteiger partial charge in [-0.25, -0.2) is 4.98 Å². The van der Waals surface area contributed by atoms with Gasteiger partial charge in [0.2, 0.25) is 0 Å². The number of hydrogen-bond acceptors (Lipinski definition) is 1. The second kappa shape index (κ2) is 5.69. The predicted octanol–water partition coefficient (Wildman–Crippen LogP) is 4.37. The average molecular weight is 314 g/mol. The van der Waals surface area contributed by atoms with Crippen molar-refractivity contribution in [1.82, 2.24) is 9.55 Å². The van der Waals surface area contributed by atoms with E-state index in [9.17, 15) is 0 Å². The van der Waals surface area contributed by atoms with Gasteiger partial charge in [-0.2, -0.15) is 0 Å². The van der Waals surface area contributed by atoms with Crippen molar-refractivity contribution < 1.29 is 0 Å². The van der Waals surface area contributed by atoms with E-state index in [1.54, 1.807) is 0 Å². The predicted molar refractivity (Wildman–Crippen MR) is 75.2 cm³/mol. The number of alkyl halides is 1. The monoisotopic (exact) mass is 312 g/mol. The van der Waals surface area contributed by atoms with Crippen LogP contribution < -0.4 is 0 Å². The topological polar surface area (TPSA) is 17.8 Å². The van der Waals surface area contributed by atoms with Crippen molar-refractivity contribution in [1.29, 1.82) is 0 Å². The normalized spacial score (nSPS) is 10.8. The van der Waals surface area contributed by atoms with Gasteiger partial charge in [0.1, 0.15) is 5.82 Å². The van der Waals surface area contributed by atoms with Crippen LogP contribution in [-0.4, -0.2) is 9.55 Å². The maximum absolute atomic E-state index is 6.21. The van der Waals surface area contributed by atoms with Gasteiger partial charge >= 0.3 is 0 Å². The third-order valence-corrected chi connectivity index (χ3v) is 3.59. The molecule has 2 rings (SSSR count). The van der Waals surface area contributed by atoms with Gasteiger partial charge in [0.05, 0.1) is 5.69 Å². The first-order chi connectivity index (χ1) is 8.27. The van der Waals surface area contributed by atoms with Gasteiger partial charge in [-0.15, -0.1) is 0 Å². The number of aryl methyl sites for hydroxylation is 1. The molecule has 0 radical (unpaired) electrons. The zero-order valence-corrected chi connectivity index (χ0v) is 12.0. The van der Waals surface area contributed by atoms with E-state index < -0.39 is 0 Å². The maximum atomic E-state index is 6.21. The first-order valence-corrected chi connectivity index (χ1v) is 7.13. The summed E-state index contributed by atoms with van der Waals surface area (Å²) in [4.78, 5) is 4.39. The summed E-state index contributed by atoms with van der Waals surface area (Å²) < 4.78 is 2.12. The fraction of sp³-hybridized carbons (Fsp3) is 0.308. The fourth-order valence-corrected chi connectivity index (χ4v) is 2.85. The number of rotatable bonds is 4. The second-order valence-electron chi connectivity index (χ2n) is 3.83. The summed E-state index contributed by atoms with van der Waals surface area (Å²) in [5, 5.41) is 1.53. The molecular formula is C13H14BrClN2. The summed E-state index contributed by atoms with van der Waals surface area (Å²) in [6, 6.07) is 5.96. The minimum absolute atomic E-state index is 0.742. The van der Waals surface area contributed by atoms with Crippen LogP contribution >= 0.6 is 27.5 Å². The molecule has 0 spiro atoms. The lowest BCUT2D eigenvalue weighted by Gasteiger charge is -2.12. The molecule has 0 N–H and O–H groups in total. The van der Waals surface area contributed by atoms with E-state index in [-0.39, 0.29) is 0 Å². The maximum Gasteiger partial charge on any atom is 0.113 e. The van der Waals surface area contributed by atoms with Crippen molar-refractivity contribution in [2.24, 2.45) is 0 Å². The van der Waals surface area contributed by atoms with Crippen LogP contribution in [0.15, 0.2) is 30.6 Å². The minimum atomic E-state index is 0.742. The Morgan fingerprint density at radius 3 is 2.94 bits per heavy atom. The molecule has 90 valence electrons. The first kappa shape index (κ1) is 12.7. The number of hydrogen-bond donors (Lipinski definition) is 0. The molecule has 0 aliphatic rings. The molecule has 2 aromatic rings. The van der Waals surface area contributed by atoms with Crippen LogP contribution in [0.3, 0.4) is 0 Å². The summed E-state index contributed by atoms with van der Waals surface area (Å²) >= 11 is 9.70. The van der Waals surface area contributed by atoms with Crippen LogP contribution in [0.25, 0.3) is 5.69 Å². The van der Waals surface area contributed by atoms with Crippen molar-refractivity contribution in [3.05, 3.63) is 47.0 Å². The molecule has 0 saturated heterocycles. The molecule has 17 heavy (non-hydrogen) atoms. The minimum Gasteiger partial charge on any atom is -0.303 e. The van der Waals surface area contributed by atoms with Crippen molar-refractivity contribution in [2.45, 2.75) is 25.1 Å². The molecule has 2 nitrogen and oxygen atoms in total. The van der Waals surface area contributed by atoms with Crippen LogP contribution in [0.2, 0.25) is 5.02 Å². The van der Waals surface area contributed by atoms with E-state index in [4.69, 9.17) is 11.6 Å². The van der Waals surface area contributed by atoms with E-state index in [0.29, 0.717) is 0 Å². The Morgan fingerprint density at radius 1 is 1.41 bits per heavy atom. The molecule has 0 atom stereocenters. The highest BCUT2D eigenvalue weighted by Gasteiger charge is 2.10. The van der Waals surface area contributed by atoms with Crippen molar-refractivity contribution >= 4 is 27.5 Å². The van der Waals surface area contributed by atoms with Crippen LogP contribution in [0.4, 0.5) is 0 Å². The van der Waals surface area contributed by atoms with Gasteiger partial charge < -0.3 is 4.57 Å². The zero-order valence-electron chi connectivity index (χ0n) is 9.66. The molecule has 0 unspecified atom stereocenters. The third kappa shape index (κ3) is 2.55. The molecular weight excluding hydrogens is 300 g/mol. The van der Waals surface area contributed by atoms with Gasteiger partial charge in [0.25, 0.3) is 0 Å². The Labute approximate surface area is 115 Å². The fourth-order valence-electron chi connectivity index (χ4n) is 1.87. The van der Waals surface area contributed by atoms with Gasteiger partial charge in [0.15, 0.2) is 0 Å². The lowest BCUT2D eigenvalue weighted by Crippen LogP contribution is -2.03. The van der Waals surface area contributed by atoms with E-state index in [1.165, 1.54) is 0 Å². The van der Waals surface area contributed by atoms with E-state index in [1.807, 2.05) is 24.5 Å². The van der Waals surface area contributed by atoms with Crippen LogP contribution in [-0.2, 0) is 11.8 Å². The Bertz CT molecular complexity index is 508. The molecule has 4 heteroatoms. The smallest absolute Gasteiger partial charge is 0.113 e. The van der Waals surface area contributed by atoms with Crippen LogP contribution in [0, 0.1) is 0 Å². The van der Waals surface area contributed by atoms with Gasteiger partial charge in [-0.3, -0.25) is 0 Å². The molecule has 0 amide bonds. The first-order valence-electron chi connectivity index (χ1n) is 5.64. The molecule has 0 saturated carbocycles. The van der Waals surface area contributed by atoms with Crippen molar-refractivity contribution in [2.75, 3.05) is 0 Å². The molecule has 0 fully saturated rings. The van der Waals surface area contributed by atoms with Crippen molar-refractivity contribution in [3.8, 4) is 5.69 Å². The molecule has 1 aromatic heterocycles. The summed E-state index contributed by atoms with van der Waals surface area (Å²) in [6.45, 7) is 2.16. The number of benzene rings is 1. The summed E-state index contributed by atoms with van der Waals surface area (Å²) in [6.07, 6.45) is 5.88. The highest BCUT2D eigenvalue weighted by atomic mass is 79.9. The van der Waals surface area contributed by atoms with E-state index in [0.717, 1.165) is 40.3 Å². The zero-order chi connectivity index (χ0) is 12.3. The lowest BCUT2D eigenvalue weighted by molar-refractivity contribution is 0.807. The number of aromatic nitrogens is 2. The van der Waals surface area contributed by atoms with Gasteiger partial charge in [-0.1, -0.05) is 40.5 Å². The highest BCUT2D eigenvalue weighted by Crippen LogP contribution is 2.26. The Morgan fingerprint density at radius 2 is 2.24 bits per heavy atom. The lowest BCUT2D eigenvalue weighted by atomic mass is 10.2. The average Bonchev–Trinajstić information content (AvgIpc) is 2.77. The van der Waals surface area contributed by atoms with E-state index >= 15 is 0 Å². The number of imidazole rings is 1. The van der Waals surface area contributed by atoms with Gasteiger partial charge in [-0.05, 0) is 18.6 Å². The third-order valence-electron chi connectivity index (χ3n) is 2.68. The standard InChI is InChI=1S/C13H14BrClN2/c1-2-4-13-16-7-8-17(13)12-6-3-5-11(15)10(12)9-14/h3,5-8H,2,4,9H2,1H3. The summed E-state index contributed by atoms with van der Waals surface area (Å²) in [7, 11) is 0. The molecule has 1 heterocycles. The largest absolute Gasteiger partial charge is 0.303 e. The number of halogens is 2. The second-order valence-corrected chi connectivity index (χ2v) is 4.80. The molecule has 0 aliphatic carbocycles.